The smallest absolute Gasteiger partial charge is 0.226 e. The van der Waals surface area contributed by atoms with E-state index >= 15 is 0 Å². The summed E-state index contributed by atoms with van der Waals surface area (Å²) in [5.41, 5.74) is 6.13. The Balaban J connectivity index is 1.57. The summed E-state index contributed by atoms with van der Waals surface area (Å²) in [6, 6.07) is 0. The highest BCUT2D eigenvalue weighted by atomic mass is 16.5. The summed E-state index contributed by atoms with van der Waals surface area (Å²) in [4.78, 5) is 4.57. The summed E-state index contributed by atoms with van der Waals surface area (Å²) >= 11 is 0. The topological polar surface area (TPSA) is 74.2 Å². The third-order valence-electron chi connectivity index (χ3n) is 4.90. The first-order valence-electron chi connectivity index (χ1n) is 8.39. The first-order chi connectivity index (χ1) is 10.2. The average Bonchev–Trinajstić information content (AvgIpc) is 2.96. The van der Waals surface area contributed by atoms with E-state index in [9.17, 15) is 0 Å². The SMILES string of the molecule is CC1CCCC(N)(c2noc(CCC3CCCCO3)n2)C1. The lowest BCUT2D eigenvalue weighted by Crippen LogP contribution is -2.42. The average molecular weight is 293 g/mol. The van der Waals surface area contributed by atoms with Gasteiger partial charge in [0.2, 0.25) is 5.89 Å². The van der Waals surface area contributed by atoms with Crippen molar-refractivity contribution in [2.24, 2.45) is 11.7 Å². The Morgan fingerprint density at radius 1 is 1.29 bits per heavy atom. The van der Waals surface area contributed by atoms with Crippen LogP contribution in [0.5, 0.6) is 0 Å². The third-order valence-corrected chi connectivity index (χ3v) is 4.90. The maximum Gasteiger partial charge on any atom is 0.226 e. The second-order valence-electron chi connectivity index (χ2n) is 6.90. The lowest BCUT2D eigenvalue weighted by atomic mass is 9.76. The van der Waals surface area contributed by atoms with Gasteiger partial charge in [-0.15, -0.1) is 0 Å². The van der Waals surface area contributed by atoms with Gasteiger partial charge in [0.25, 0.3) is 0 Å². The number of nitrogens with zero attached hydrogens (tertiary/aromatic N) is 2. The maximum absolute atomic E-state index is 6.51. The van der Waals surface area contributed by atoms with E-state index in [2.05, 4.69) is 17.1 Å². The fourth-order valence-corrected chi connectivity index (χ4v) is 3.67. The van der Waals surface area contributed by atoms with E-state index in [1.807, 2.05) is 0 Å². The van der Waals surface area contributed by atoms with Crippen molar-refractivity contribution in [2.75, 3.05) is 6.61 Å². The van der Waals surface area contributed by atoms with E-state index in [-0.39, 0.29) is 5.54 Å². The molecule has 2 aliphatic rings. The summed E-state index contributed by atoms with van der Waals surface area (Å²) in [7, 11) is 0. The van der Waals surface area contributed by atoms with Gasteiger partial charge in [-0.3, -0.25) is 0 Å². The van der Waals surface area contributed by atoms with Gasteiger partial charge >= 0.3 is 0 Å². The van der Waals surface area contributed by atoms with Crippen LogP contribution in [0.2, 0.25) is 0 Å². The van der Waals surface area contributed by atoms with Crippen molar-refractivity contribution in [3.05, 3.63) is 11.7 Å². The Bertz CT molecular complexity index is 456. The number of aromatic nitrogens is 2. The molecule has 1 saturated carbocycles. The quantitative estimate of drug-likeness (QED) is 0.924. The number of hydrogen-bond donors (Lipinski definition) is 1. The van der Waals surface area contributed by atoms with Crippen molar-refractivity contribution in [1.29, 1.82) is 0 Å². The molecule has 21 heavy (non-hydrogen) atoms. The van der Waals surface area contributed by atoms with Crippen LogP contribution in [0.3, 0.4) is 0 Å². The summed E-state index contributed by atoms with van der Waals surface area (Å²) in [6.45, 7) is 3.14. The van der Waals surface area contributed by atoms with Crippen LogP contribution in [-0.2, 0) is 16.7 Å². The van der Waals surface area contributed by atoms with Crippen molar-refractivity contribution in [2.45, 2.75) is 76.4 Å². The Kier molecular flexibility index (Phi) is 4.60. The van der Waals surface area contributed by atoms with Crippen molar-refractivity contribution in [1.82, 2.24) is 10.1 Å². The van der Waals surface area contributed by atoms with Crippen LogP contribution in [0, 0.1) is 5.92 Å². The number of aryl methyl sites for hydroxylation is 1. The van der Waals surface area contributed by atoms with Crippen LogP contribution in [0.15, 0.2) is 4.52 Å². The van der Waals surface area contributed by atoms with Gasteiger partial charge in [0.05, 0.1) is 11.6 Å². The zero-order chi connectivity index (χ0) is 14.7. The molecule has 5 heteroatoms. The third kappa shape index (κ3) is 3.64. The summed E-state index contributed by atoms with van der Waals surface area (Å²) in [5.74, 6) is 2.05. The van der Waals surface area contributed by atoms with Crippen LogP contribution in [0.1, 0.15) is 70.0 Å². The van der Waals surface area contributed by atoms with E-state index in [1.54, 1.807) is 0 Å². The first kappa shape index (κ1) is 15.0. The molecule has 2 N–H and O–H groups in total. The van der Waals surface area contributed by atoms with Crippen LogP contribution < -0.4 is 5.73 Å². The number of rotatable bonds is 4. The molecule has 1 aromatic heterocycles. The van der Waals surface area contributed by atoms with E-state index in [0.717, 1.165) is 45.1 Å². The van der Waals surface area contributed by atoms with Gasteiger partial charge in [-0.25, -0.2) is 0 Å². The Hall–Kier alpha value is -0.940. The maximum atomic E-state index is 6.51. The van der Waals surface area contributed by atoms with Crippen LogP contribution in [-0.4, -0.2) is 22.9 Å². The predicted molar refractivity (Wildman–Crippen MR) is 79.7 cm³/mol. The summed E-state index contributed by atoms with van der Waals surface area (Å²) in [5, 5.41) is 4.16. The molecule has 1 saturated heterocycles. The molecule has 0 spiro atoms. The minimum Gasteiger partial charge on any atom is -0.378 e. The van der Waals surface area contributed by atoms with Crippen molar-refractivity contribution >= 4 is 0 Å². The van der Waals surface area contributed by atoms with Crippen LogP contribution in [0.4, 0.5) is 0 Å². The van der Waals surface area contributed by atoms with Crippen molar-refractivity contribution in [3.63, 3.8) is 0 Å². The molecule has 118 valence electrons. The molecule has 3 unspecified atom stereocenters. The van der Waals surface area contributed by atoms with Gasteiger partial charge in [0.1, 0.15) is 0 Å². The molecule has 0 aromatic carbocycles. The molecule has 0 amide bonds. The molecule has 2 heterocycles. The fourth-order valence-electron chi connectivity index (χ4n) is 3.67. The van der Waals surface area contributed by atoms with Crippen molar-refractivity contribution in [3.8, 4) is 0 Å². The minimum atomic E-state index is -0.388. The van der Waals surface area contributed by atoms with Crippen molar-refractivity contribution < 1.29 is 9.26 Å². The molecular formula is C16H27N3O2. The molecule has 0 radical (unpaired) electrons. The van der Waals surface area contributed by atoms with Crippen LogP contribution >= 0.6 is 0 Å². The molecule has 5 nitrogen and oxygen atoms in total. The molecule has 3 atom stereocenters. The number of nitrogens with two attached hydrogens (primary N) is 1. The molecule has 2 fully saturated rings. The Morgan fingerprint density at radius 2 is 2.19 bits per heavy atom. The van der Waals surface area contributed by atoms with Gasteiger partial charge in [0.15, 0.2) is 5.82 Å². The van der Waals surface area contributed by atoms with E-state index < -0.39 is 0 Å². The molecule has 1 aliphatic carbocycles. The van der Waals surface area contributed by atoms with Gasteiger partial charge in [-0.2, -0.15) is 4.98 Å². The zero-order valence-electron chi connectivity index (χ0n) is 13.0. The first-order valence-corrected chi connectivity index (χ1v) is 8.39. The van der Waals surface area contributed by atoms with Gasteiger partial charge in [-0.05, 0) is 44.4 Å². The van der Waals surface area contributed by atoms with E-state index in [0.29, 0.717) is 23.7 Å². The lowest BCUT2D eigenvalue weighted by molar-refractivity contribution is 0.0104. The highest BCUT2D eigenvalue weighted by Crippen LogP contribution is 2.36. The predicted octanol–water partition coefficient (Wildman–Crippen LogP) is 2.94. The summed E-state index contributed by atoms with van der Waals surface area (Å²) < 4.78 is 11.2. The Morgan fingerprint density at radius 3 is 2.95 bits per heavy atom. The molecule has 3 rings (SSSR count). The fraction of sp³-hybridized carbons (Fsp3) is 0.875. The summed E-state index contributed by atoms with van der Waals surface area (Å²) in [6.07, 6.45) is 10.0. The number of hydrogen-bond acceptors (Lipinski definition) is 5. The molecular weight excluding hydrogens is 266 g/mol. The highest BCUT2D eigenvalue weighted by Gasteiger charge is 2.37. The standard InChI is InChI=1S/C16H27N3O2/c1-12-5-4-9-16(17,11-12)15-18-14(21-19-15)8-7-13-6-2-3-10-20-13/h12-13H,2-11,17H2,1H3. The molecule has 0 bridgehead atoms. The highest BCUT2D eigenvalue weighted by molar-refractivity contribution is 5.06. The molecule has 1 aliphatic heterocycles. The second-order valence-corrected chi connectivity index (χ2v) is 6.90. The van der Waals surface area contributed by atoms with Gasteiger partial charge in [0, 0.05) is 13.0 Å². The lowest BCUT2D eigenvalue weighted by Gasteiger charge is -2.33. The largest absolute Gasteiger partial charge is 0.378 e. The monoisotopic (exact) mass is 293 g/mol. The van der Waals surface area contributed by atoms with Crippen LogP contribution in [0.25, 0.3) is 0 Å². The van der Waals surface area contributed by atoms with E-state index in [1.165, 1.54) is 19.3 Å². The number of ether oxygens (including phenoxy) is 1. The zero-order valence-corrected chi connectivity index (χ0v) is 13.0. The van der Waals surface area contributed by atoms with E-state index in [4.69, 9.17) is 15.0 Å². The van der Waals surface area contributed by atoms with Gasteiger partial charge in [-0.1, -0.05) is 24.9 Å². The Labute approximate surface area is 126 Å². The van der Waals surface area contributed by atoms with Gasteiger partial charge < -0.3 is 15.0 Å². The molecule has 1 aromatic rings. The second kappa shape index (κ2) is 6.44. The normalized spacial score (nSPS) is 34.0. The minimum absolute atomic E-state index is 0.357.